The molecule has 0 spiro atoms. The molecule has 5 nitrogen and oxygen atoms in total. The van der Waals surface area contributed by atoms with Gasteiger partial charge in [-0.3, -0.25) is 4.90 Å². The molecule has 1 aliphatic carbocycles. The highest BCUT2D eigenvalue weighted by molar-refractivity contribution is 5.89. The zero-order chi connectivity index (χ0) is 15.2. The minimum Gasteiger partial charge on any atom is -0.389 e. The molecule has 3 N–H and O–H groups in total. The lowest BCUT2D eigenvalue weighted by atomic mass is 10.1. The molecule has 5 heteroatoms. The van der Waals surface area contributed by atoms with E-state index in [-0.39, 0.29) is 6.03 Å². The van der Waals surface area contributed by atoms with E-state index in [4.69, 9.17) is 0 Å². The van der Waals surface area contributed by atoms with Crippen LogP contribution in [0, 0.1) is 0 Å². The second kappa shape index (κ2) is 7.43. The Labute approximate surface area is 126 Å². The SMILES string of the molecule is CCN(CCNC(=O)Nc1ccc(C(C)O)cc1)C1CC1. The molecule has 0 heterocycles. The van der Waals surface area contributed by atoms with Crippen molar-refractivity contribution in [1.82, 2.24) is 10.2 Å². The van der Waals surface area contributed by atoms with E-state index in [2.05, 4.69) is 22.5 Å². The van der Waals surface area contributed by atoms with E-state index < -0.39 is 6.10 Å². The molecule has 1 fully saturated rings. The molecule has 0 radical (unpaired) electrons. The Bertz CT molecular complexity index is 455. The minimum absolute atomic E-state index is 0.188. The summed E-state index contributed by atoms with van der Waals surface area (Å²) in [5.74, 6) is 0. The summed E-state index contributed by atoms with van der Waals surface area (Å²) in [6, 6.07) is 7.76. The van der Waals surface area contributed by atoms with Crippen LogP contribution in [0.1, 0.15) is 38.4 Å². The molecule has 1 aliphatic rings. The van der Waals surface area contributed by atoms with Crippen LogP contribution in [0.2, 0.25) is 0 Å². The Morgan fingerprint density at radius 3 is 2.57 bits per heavy atom. The van der Waals surface area contributed by atoms with E-state index in [9.17, 15) is 9.90 Å². The number of carbonyl (C=O) groups is 1. The van der Waals surface area contributed by atoms with Crippen LogP contribution in [-0.2, 0) is 0 Å². The van der Waals surface area contributed by atoms with Crippen molar-refractivity contribution >= 4 is 11.7 Å². The summed E-state index contributed by atoms with van der Waals surface area (Å²) in [5, 5.41) is 15.1. The lowest BCUT2D eigenvalue weighted by Gasteiger charge is -2.19. The maximum Gasteiger partial charge on any atom is 0.319 e. The molecule has 1 saturated carbocycles. The second-order valence-electron chi connectivity index (χ2n) is 5.54. The van der Waals surface area contributed by atoms with Crippen LogP contribution in [0.3, 0.4) is 0 Å². The predicted molar refractivity (Wildman–Crippen MR) is 84.4 cm³/mol. The fraction of sp³-hybridized carbons (Fsp3) is 0.562. The summed E-state index contributed by atoms with van der Waals surface area (Å²) in [7, 11) is 0. The summed E-state index contributed by atoms with van der Waals surface area (Å²) in [6.07, 6.45) is 2.08. The summed E-state index contributed by atoms with van der Waals surface area (Å²) >= 11 is 0. The van der Waals surface area contributed by atoms with Gasteiger partial charge in [-0.05, 0) is 44.0 Å². The van der Waals surface area contributed by atoms with E-state index in [1.165, 1.54) is 12.8 Å². The van der Waals surface area contributed by atoms with E-state index >= 15 is 0 Å². The number of hydrogen-bond acceptors (Lipinski definition) is 3. The first-order valence-corrected chi connectivity index (χ1v) is 7.67. The number of rotatable bonds is 7. The minimum atomic E-state index is -0.490. The van der Waals surface area contributed by atoms with Crippen LogP contribution in [0.15, 0.2) is 24.3 Å². The van der Waals surface area contributed by atoms with Gasteiger partial charge in [-0.15, -0.1) is 0 Å². The molecular weight excluding hydrogens is 266 g/mol. The number of aliphatic hydroxyl groups excluding tert-OH is 1. The number of hydrogen-bond donors (Lipinski definition) is 3. The number of anilines is 1. The molecule has 0 saturated heterocycles. The fourth-order valence-corrected chi connectivity index (χ4v) is 2.37. The third kappa shape index (κ3) is 5.02. The average Bonchev–Trinajstić information content (AvgIpc) is 3.29. The zero-order valence-corrected chi connectivity index (χ0v) is 12.8. The van der Waals surface area contributed by atoms with Crippen LogP contribution < -0.4 is 10.6 Å². The number of carbonyl (C=O) groups excluding carboxylic acids is 1. The molecule has 2 rings (SSSR count). The highest BCUT2D eigenvalue weighted by atomic mass is 16.3. The molecule has 0 aliphatic heterocycles. The Kier molecular flexibility index (Phi) is 5.59. The Morgan fingerprint density at radius 1 is 1.38 bits per heavy atom. The van der Waals surface area contributed by atoms with Gasteiger partial charge < -0.3 is 15.7 Å². The quantitative estimate of drug-likeness (QED) is 0.722. The summed E-state index contributed by atoms with van der Waals surface area (Å²) in [6.45, 7) is 6.46. The van der Waals surface area contributed by atoms with Crippen LogP contribution in [0.25, 0.3) is 0 Å². The number of nitrogens with one attached hydrogen (secondary N) is 2. The van der Waals surface area contributed by atoms with Crippen LogP contribution in [0.5, 0.6) is 0 Å². The molecular formula is C16H25N3O2. The molecule has 116 valence electrons. The number of likely N-dealkylation sites (N-methyl/N-ethyl adjacent to an activating group) is 1. The van der Waals surface area contributed by atoms with Crippen molar-refractivity contribution < 1.29 is 9.90 Å². The highest BCUT2D eigenvalue weighted by Gasteiger charge is 2.27. The second-order valence-corrected chi connectivity index (χ2v) is 5.54. The van der Waals surface area contributed by atoms with Gasteiger partial charge in [0.25, 0.3) is 0 Å². The normalized spacial score (nSPS) is 15.8. The topological polar surface area (TPSA) is 64.6 Å². The van der Waals surface area contributed by atoms with Gasteiger partial charge in [-0.2, -0.15) is 0 Å². The van der Waals surface area contributed by atoms with Gasteiger partial charge >= 0.3 is 6.03 Å². The maximum atomic E-state index is 11.8. The van der Waals surface area contributed by atoms with E-state index in [0.29, 0.717) is 6.54 Å². The monoisotopic (exact) mass is 291 g/mol. The predicted octanol–water partition coefficient (Wildman–Crippen LogP) is 2.35. The number of nitrogens with zero attached hydrogens (tertiary/aromatic N) is 1. The maximum absolute atomic E-state index is 11.8. The van der Waals surface area contributed by atoms with Crippen LogP contribution >= 0.6 is 0 Å². The summed E-state index contributed by atoms with van der Waals surface area (Å²) in [4.78, 5) is 14.2. The van der Waals surface area contributed by atoms with E-state index in [1.54, 1.807) is 19.1 Å². The third-order valence-electron chi connectivity index (χ3n) is 3.80. The third-order valence-corrected chi connectivity index (χ3v) is 3.80. The Morgan fingerprint density at radius 2 is 2.05 bits per heavy atom. The van der Waals surface area contributed by atoms with Crippen molar-refractivity contribution in [3.63, 3.8) is 0 Å². The molecule has 1 aromatic carbocycles. The van der Waals surface area contributed by atoms with Gasteiger partial charge in [0.05, 0.1) is 6.10 Å². The van der Waals surface area contributed by atoms with Crippen molar-refractivity contribution in [2.75, 3.05) is 25.0 Å². The lowest BCUT2D eigenvalue weighted by molar-refractivity contribution is 0.199. The van der Waals surface area contributed by atoms with Gasteiger partial charge in [-0.25, -0.2) is 4.79 Å². The molecule has 0 bridgehead atoms. The van der Waals surface area contributed by atoms with Crippen LogP contribution in [0.4, 0.5) is 10.5 Å². The first kappa shape index (κ1) is 15.8. The standard InChI is InChI=1S/C16H25N3O2/c1-3-19(15-8-9-15)11-10-17-16(21)18-14-6-4-13(5-7-14)12(2)20/h4-7,12,15,20H,3,8-11H2,1-2H3,(H2,17,18,21). The van der Waals surface area contributed by atoms with Crippen molar-refractivity contribution in [3.8, 4) is 0 Å². The molecule has 1 unspecified atom stereocenters. The van der Waals surface area contributed by atoms with Gasteiger partial charge in [0, 0.05) is 24.8 Å². The molecule has 1 atom stereocenters. The first-order valence-electron chi connectivity index (χ1n) is 7.67. The summed E-state index contributed by atoms with van der Waals surface area (Å²) < 4.78 is 0. The van der Waals surface area contributed by atoms with Gasteiger partial charge in [0.2, 0.25) is 0 Å². The van der Waals surface area contributed by atoms with E-state index in [1.807, 2.05) is 12.1 Å². The average molecular weight is 291 g/mol. The van der Waals surface area contributed by atoms with Crippen molar-refractivity contribution in [1.29, 1.82) is 0 Å². The first-order chi connectivity index (χ1) is 10.1. The van der Waals surface area contributed by atoms with Gasteiger partial charge in [0.15, 0.2) is 0 Å². The van der Waals surface area contributed by atoms with Crippen molar-refractivity contribution in [2.24, 2.45) is 0 Å². The highest BCUT2D eigenvalue weighted by Crippen LogP contribution is 2.25. The van der Waals surface area contributed by atoms with E-state index in [0.717, 1.165) is 30.4 Å². The number of aliphatic hydroxyl groups is 1. The van der Waals surface area contributed by atoms with Crippen molar-refractivity contribution in [3.05, 3.63) is 29.8 Å². The zero-order valence-electron chi connectivity index (χ0n) is 12.8. The number of benzene rings is 1. The van der Waals surface area contributed by atoms with Crippen molar-refractivity contribution in [2.45, 2.75) is 38.8 Å². The molecule has 0 aromatic heterocycles. The molecule has 2 amide bonds. The summed E-state index contributed by atoms with van der Waals surface area (Å²) in [5.41, 5.74) is 1.57. The lowest BCUT2D eigenvalue weighted by Crippen LogP contribution is -2.37. The van der Waals surface area contributed by atoms with Gasteiger partial charge in [-0.1, -0.05) is 19.1 Å². The Hall–Kier alpha value is -1.59. The number of amides is 2. The molecule has 21 heavy (non-hydrogen) atoms. The van der Waals surface area contributed by atoms with Crippen LogP contribution in [-0.4, -0.2) is 41.7 Å². The molecule has 1 aromatic rings. The number of urea groups is 1. The van der Waals surface area contributed by atoms with Gasteiger partial charge in [0.1, 0.15) is 0 Å². The largest absolute Gasteiger partial charge is 0.389 e. The smallest absolute Gasteiger partial charge is 0.319 e. The fourth-order valence-electron chi connectivity index (χ4n) is 2.37. The Balaban J connectivity index is 1.71.